The summed E-state index contributed by atoms with van der Waals surface area (Å²) in [5, 5.41) is 37.9. The molecule has 0 spiro atoms. The predicted molar refractivity (Wildman–Crippen MR) is 64.7 cm³/mol. The number of hydrogen-bond donors (Lipinski definition) is 4. The molecule has 0 aliphatic heterocycles. The molecule has 0 heterocycles. The van der Waals surface area contributed by atoms with Crippen LogP contribution in [0.1, 0.15) is 39.5 Å². The first-order chi connectivity index (χ1) is 7.95. The molecule has 2 unspecified atom stereocenters. The van der Waals surface area contributed by atoms with Gasteiger partial charge >= 0.3 is 0 Å². The van der Waals surface area contributed by atoms with E-state index >= 15 is 0 Å². The van der Waals surface area contributed by atoms with Crippen molar-refractivity contribution in [1.82, 2.24) is 0 Å². The van der Waals surface area contributed by atoms with Crippen molar-refractivity contribution in [3.8, 4) is 0 Å². The Morgan fingerprint density at radius 2 is 1.18 bits per heavy atom. The van der Waals surface area contributed by atoms with E-state index < -0.39 is 11.2 Å². The first kappa shape index (κ1) is 16.8. The molecule has 0 aliphatic carbocycles. The van der Waals surface area contributed by atoms with E-state index in [9.17, 15) is 10.2 Å². The Hall–Kier alpha value is -0.200. The molecule has 5 nitrogen and oxygen atoms in total. The standard InChI is InChI=1S/C12H26O5/c1-3-5-11(15,7-13)9-17-10-12(16,8-14)6-4-2/h13-16H,3-10H2,1-2H3. The van der Waals surface area contributed by atoms with Gasteiger partial charge in [0.1, 0.15) is 11.2 Å². The summed E-state index contributed by atoms with van der Waals surface area (Å²) in [5.74, 6) is 0. The van der Waals surface area contributed by atoms with E-state index in [1.165, 1.54) is 0 Å². The normalized spacial score (nSPS) is 18.7. The Kier molecular flexibility index (Phi) is 7.91. The van der Waals surface area contributed by atoms with Crippen LogP contribution >= 0.6 is 0 Å². The molecule has 0 bridgehead atoms. The number of aliphatic hydroxyl groups excluding tert-OH is 2. The number of aliphatic hydroxyl groups is 4. The molecule has 2 atom stereocenters. The zero-order valence-electron chi connectivity index (χ0n) is 10.9. The molecule has 0 fully saturated rings. The van der Waals surface area contributed by atoms with Gasteiger partial charge < -0.3 is 25.2 Å². The lowest BCUT2D eigenvalue weighted by Crippen LogP contribution is -2.43. The van der Waals surface area contributed by atoms with Gasteiger partial charge in [0.25, 0.3) is 0 Å². The number of rotatable bonds is 10. The minimum Gasteiger partial charge on any atom is -0.393 e. The average molecular weight is 250 g/mol. The molecule has 0 radical (unpaired) electrons. The van der Waals surface area contributed by atoms with Gasteiger partial charge in [-0.15, -0.1) is 0 Å². The van der Waals surface area contributed by atoms with Crippen molar-refractivity contribution in [3.63, 3.8) is 0 Å². The minimum absolute atomic E-state index is 0.0383. The van der Waals surface area contributed by atoms with Gasteiger partial charge in [-0.05, 0) is 12.8 Å². The highest BCUT2D eigenvalue weighted by Gasteiger charge is 2.29. The van der Waals surface area contributed by atoms with E-state index in [0.717, 1.165) is 12.8 Å². The summed E-state index contributed by atoms with van der Waals surface area (Å²) in [7, 11) is 0. The monoisotopic (exact) mass is 250 g/mol. The second-order valence-corrected chi connectivity index (χ2v) is 4.76. The molecular weight excluding hydrogens is 224 g/mol. The molecule has 0 aromatic carbocycles. The molecular formula is C12H26O5. The lowest BCUT2D eigenvalue weighted by atomic mass is 9.99. The van der Waals surface area contributed by atoms with Crippen LogP contribution in [0.3, 0.4) is 0 Å². The smallest absolute Gasteiger partial charge is 0.111 e. The lowest BCUT2D eigenvalue weighted by molar-refractivity contribution is -0.128. The molecule has 0 aromatic heterocycles. The Morgan fingerprint density at radius 1 is 0.824 bits per heavy atom. The summed E-state index contributed by atoms with van der Waals surface area (Å²) in [6.07, 6.45) is 2.35. The van der Waals surface area contributed by atoms with E-state index in [2.05, 4.69) is 0 Å². The maximum absolute atomic E-state index is 9.90. The molecule has 0 saturated carbocycles. The fourth-order valence-electron chi connectivity index (χ4n) is 1.76. The van der Waals surface area contributed by atoms with Gasteiger partial charge in [0, 0.05) is 0 Å². The Morgan fingerprint density at radius 3 is 1.41 bits per heavy atom. The summed E-state index contributed by atoms with van der Waals surface area (Å²) in [4.78, 5) is 0. The molecule has 0 amide bonds. The quantitative estimate of drug-likeness (QED) is 0.440. The van der Waals surface area contributed by atoms with Gasteiger partial charge in [-0.1, -0.05) is 26.7 Å². The topological polar surface area (TPSA) is 90.2 Å². The van der Waals surface area contributed by atoms with E-state index in [1.54, 1.807) is 0 Å². The van der Waals surface area contributed by atoms with Crippen LogP contribution in [0.25, 0.3) is 0 Å². The Balaban J connectivity index is 4.10. The van der Waals surface area contributed by atoms with E-state index in [-0.39, 0.29) is 26.4 Å². The third-order valence-electron chi connectivity index (χ3n) is 2.76. The summed E-state index contributed by atoms with van der Waals surface area (Å²) < 4.78 is 5.23. The third-order valence-corrected chi connectivity index (χ3v) is 2.76. The molecule has 5 heteroatoms. The van der Waals surface area contributed by atoms with Crippen molar-refractivity contribution in [2.45, 2.75) is 50.7 Å². The number of hydrogen-bond acceptors (Lipinski definition) is 5. The van der Waals surface area contributed by atoms with Crippen LogP contribution in [-0.4, -0.2) is 58.1 Å². The molecule has 17 heavy (non-hydrogen) atoms. The van der Waals surface area contributed by atoms with Gasteiger partial charge in [-0.25, -0.2) is 0 Å². The van der Waals surface area contributed by atoms with Crippen LogP contribution in [-0.2, 0) is 4.74 Å². The minimum atomic E-state index is -1.25. The van der Waals surface area contributed by atoms with Crippen LogP contribution in [0.2, 0.25) is 0 Å². The van der Waals surface area contributed by atoms with Gasteiger partial charge in [-0.2, -0.15) is 0 Å². The highest BCUT2D eigenvalue weighted by molar-refractivity contribution is 4.80. The predicted octanol–water partition coefficient (Wildman–Crippen LogP) is 0.0500. The molecule has 104 valence electrons. The van der Waals surface area contributed by atoms with Crippen LogP contribution in [0, 0.1) is 0 Å². The second-order valence-electron chi connectivity index (χ2n) is 4.76. The largest absolute Gasteiger partial charge is 0.393 e. The third kappa shape index (κ3) is 6.33. The van der Waals surface area contributed by atoms with Crippen LogP contribution in [0.4, 0.5) is 0 Å². The van der Waals surface area contributed by atoms with Crippen molar-refractivity contribution < 1.29 is 25.2 Å². The zero-order chi connectivity index (χ0) is 13.4. The lowest BCUT2D eigenvalue weighted by Gasteiger charge is -2.29. The van der Waals surface area contributed by atoms with E-state index in [4.69, 9.17) is 14.9 Å². The van der Waals surface area contributed by atoms with Gasteiger partial charge in [0.2, 0.25) is 0 Å². The summed E-state index contributed by atoms with van der Waals surface area (Å²) >= 11 is 0. The maximum Gasteiger partial charge on any atom is 0.111 e. The van der Waals surface area contributed by atoms with Crippen LogP contribution in [0.15, 0.2) is 0 Å². The summed E-state index contributed by atoms with van der Waals surface area (Å²) in [5.41, 5.74) is -2.51. The molecule has 0 saturated heterocycles. The summed E-state index contributed by atoms with van der Waals surface area (Å²) in [6, 6.07) is 0. The van der Waals surface area contributed by atoms with E-state index in [0.29, 0.717) is 12.8 Å². The number of ether oxygens (including phenoxy) is 1. The van der Waals surface area contributed by atoms with Gasteiger partial charge in [-0.3, -0.25) is 0 Å². The van der Waals surface area contributed by atoms with Crippen molar-refractivity contribution >= 4 is 0 Å². The van der Waals surface area contributed by atoms with Gasteiger partial charge in [0.15, 0.2) is 0 Å². The molecule has 0 aromatic rings. The summed E-state index contributed by atoms with van der Waals surface area (Å²) in [6.45, 7) is 2.99. The highest BCUT2D eigenvalue weighted by atomic mass is 16.5. The van der Waals surface area contributed by atoms with Crippen molar-refractivity contribution in [3.05, 3.63) is 0 Å². The fraction of sp³-hybridized carbons (Fsp3) is 1.00. The fourth-order valence-corrected chi connectivity index (χ4v) is 1.76. The van der Waals surface area contributed by atoms with Crippen LogP contribution < -0.4 is 0 Å². The zero-order valence-corrected chi connectivity index (χ0v) is 10.9. The second kappa shape index (κ2) is 8.00. The first-order valence-corrected chi connectivity index (χ1v) is 6.19. The molecule has 0 aliphatic rings. The van der Waals surface area contributed by atoms with Crippen molar-refractivity contribution in [2.24, 2.45) is 0 Å². The Labute approximate surface area is 103 Å². The Bertz CT molecular complexity index is 179. The van der Waals surface area contributed by atoms with Crippen LogP contribution in [0.5, 0.6) is 0 Å². The molecule has 0 rings (SSSR count). The molecule has 4 N–H and O–H groups in total. The van der Waals surface area contributed by atoms with Gasteiger partial charge in [0.05, 0.1) is 26.4 Å². The highest BCUT2D eigenvalue weighted by Crippen LogP contribution is 2.16. The first-order valence-electron chi connectivity index (χ1n) is 6.19. The maximum atomic E-state index is 9.90. The SMILES string of the molecule is CCCC(O)(CO)COCC(O)(CO)CCC. The van der Waals surface area contributed by atoms with E-state index in [1.807, 2.05) is 13.8 Å². The van der Waals surface area contributed by atoms with Crippen molar-refractivity contribution in [2.75, 3.05) is 26.4 Å². The van der Waals surface area contributed by atoms with Crippen molar-refractivity contribution in [1.29, 1.82) is 0 Å². The average Bonchev–Trinajstić information content (AvgIpc) is 2.30.